The van der Waals surface area contributed by atoms with Gasteiger partial charge in [0.05, 0.1) is 6.54 Å². The number of carbonyl (C=O) groups is 3. The third-order valence-electron chi connectivity index (χ3n) is 6.48. The average Bonchev–Trinajstić information content (AvgIpc) is 3.34. The van der Waals surface area contributed by atoms with E-state index >= 15 is 0 Å². The van der Waals surface area contributed by atoms with Gasteiger partial charge in [0.1, 0.15) is 0 Å². The molecule has 0 radical (unpaired) electrons. The van der Waals surface area contributed by atoms with Crippen LogP contribution in [0.3, 0.4) is 0 Å². The molecule has 0 saturated heterocycles. The summed E-state index contributed by atoms with van der Waals surface area (Å²) < 4.78 is 43.5. The fraction of sp³-hybridized carbons (Fsp3) is 0.500. The van der Waals surface area contributed by atoms with E-state index in [1.165, 1.54) is 28.1 Å². The summed E-state index contributed by atoms with van der Waals surface area (Å²) in [4.78, 5) is 54.8. The number of hydrogen-bond acceptors (Lipinski definition) is 9. The quantitative estimate of drug-likeness (QED) is 0.0635. The number of hydroxylamine groups is 1. The van der Waals surface area contributed by atoms with Gasteiger partial charge in [-0.25, -0.2) is 32.6 Å². The van der Waals surface area contributed by atoms with E-state index in [0.717, 1.165) is 6.26 Å². The Morgan fingerprint density at radius 2 is 1.97 bits per heavy atom. The molecule has 39 heavy (non-hydrogen) atoms. The fourth-order valence-electron chi connectivity index (χ4n) is 3.88. The number of sulfone groups is 1. The minimum absolute atomic E-state index is 0.0651. The molecule has 1 fully saturated rings. The number of carboxylic acid groups (broad SMARTS) is 1. The number of nitrogens with zero attached hydrogens (tertiary/aromatic N) is 2. The molecule has 1 aliphatic heterocycles. The third-order valence-corrected chi connectivity index (χ3v) is 9.02. The van der Waals surface area contributed by atoms with Crippen molar-refractivity contribution < 1.29 is 56.7 Å². The van der Waals surface area contributed by atoms with Crippen molar-refractivity contribution in [3.63, 3.8) is 0 Å². The van der Waals surface area contributed by atoms with Crippen LogP contribution in [0.1, 0.15) is 43.9 Å². The van der Waals surface area contributed by atoms with Crippen molar-refractivity contribution in [2.75, 3.05) is 12.8 Å². The molecule has 15 nitrogen and oxygen atoms in total. The van der Waals surface area contributed by atoms with E-state index in [0.29, 0.717) is 24.1 Å². The number of rotatable bonds is 10. The molecule has 1 unspecified atom stereocenters. The predicted molar refractivity (Wildman–Crippen MR) is 130 cm³/mol. The lowest BCUT2D eigenvalue weighted by atomic mass is 10.0. The highest BCUT2D eigenvalue weighted by atomic mass is 32.2. The molecule has 2 heterocycles. The summed E-state index contributed by atoms with van der Waals surface area (Å²) in [5.74, 6) is 9.77. The molecular weight excluding hydrogens is 561 g/mol. The van der Waals surface area contributed by atoms with Gasteiger partial charge in [0.25, 0.3) is 5.91 Å². The topological polar surface area (TPSA) is 222 Å². The number of carbonyl (C=O) groups excluding carboxylic acids is 2. The van der Waals surface area contributed by atoms with Crippen molar-refractivity contribution in [2.45, 2.75) is 50.2 Å². The summed E-state index contributed by atoms with van der Waals surface area (Å²) in [6.07, 6.45) is -0.506. The molecule has 1 aliphatic carbocycles. The molecule has 212 valence electrons. The van der Waals surface area contributed by atoms with Gasteiger partial charge in [-0.05, 0) is 44.1 Å². The van der Waals surface area contributed by atoms with Crippen LogP contribution in [0, 0.1) is 29.1 Å². The molecule has 1 aromatic heterocycles. The highest BCUT2D eigenvalue weighted by Gasteiger charge is 2.46. The van der Waals surface area contributed by atoms with Crippen LogP contribution in [0.2, 0.25) is 0 Å². The Morgan fingerprint density at radius 1 is 1.31 bits per heavy atom. The maximum absolute atomic E-state index is 12.8. The first-order valence-corrected chi connectivity index (χ1v) is 14.7. The standard InChI is InChI=1S/C22H26N3O12PS/c1-21(18(26)23-30,39(2,34)35)9-10-24-14-16-11-15(13-25(16)19(24)27)5-3-4-6-22(7-8-22)12-17(36-20(28)29)37-38(31,32)33/h11,13,17,30H,7-10,12,14H2,1-2H3,(H,23,26)(H,28,29)(H2,31,32,33)/t17-,21?/m1/s1. The Morgan fingerprint density at radius 3 is 2.49 bits per heavy atom. The van der Waals surface area contributed by atoms with E-state index < -0.39 is 52.2 Å². The van der Waals surface area contributed by atoms with Gasteiger partial charge in [0, 0.05) is 42.1 Å². The van der Waals surface area contributed by atoms with Crippen LogP contribution >= 0.6 is 7.82 Å². The van der Waals surface area contributed by atoms with Gasteiger partial charge in [-0.3, -0.25) is 14.6 Å². The summed E-state index contributed by atoms with van der Waals surface area (Å²) in [5, 5.41) is 17.7. The highest BCUT2D eigenvalue weighted by molar-refractivity contribution is 7.92. The summed E-state index contributed by atoms with van der Waals surface area (Å²) in [7, 11) is -8.90. The van der Waals surface area contributed by atoms with Gasteiger partial charge in [0.15, 0.2) is 14.6 Å². The smallest absolute Gasteiger partial charge is 0.450 e. The summed E-state index contributed by atoms with van der Waals surface area (Å²) in [6, 6.07) is 1.19. The van der Waals surface area contributed by atoms with Gasteiger partial charge >= 0.3 is 20.0 Å². The lowest BCUT2D eigenvalue weighted by molar-refractivity contribution is -0.131. The molecule has 2 amide bonds. The minimum atomic E-state index is -5.00. The number of aromatic nitrogens is 1. The number of phosphoric ester groups is 1. The molecule has 17 heteroatoms. The van der Waals surface area contributed by atoms with Crippen molar-refractivity contribution in [1.29, 1.82) is 0 Å². The van der Waals surface area contributed by atoms with Gasteiger partial charge in [-0.2, -0.15) is 0 Å². The molecule has 2 atom stereocenters. The summed E-state index contributed by atoms with van der Waals surface area (Å²) in [6.45, 7) is 1.24. The van der Waals surface area contributed by atoms with Crippen molar-refractivity contribution in [2.24, 2.45) is 5.41 Å². The zero-order valence-electron chi connectivity index (χ0n) is 20.8. The van der Waals surface area contributed by atoms with E-state index in [4.69, 9.17) is 20.1 Å². The van der Waals surface area contributed by atoms with Crippen molar-refractivity contribution in [1.82, 2.24) is 14.9 Å². The number of hydrogen-bond donors (Lipinski definition) is 5. The van der Waals surface area contributed by atoms with Crippen LogP contribution in [0.5, 0.6) is 0 Å². The minimum Gasteiger partial charge on any atom is -0.450 e. The van der Waals surface area contributed by atoms with E-state index in [-0.39, 0.29) is 25.9 Å². The van der Waals surface area contributed by atoms with Crippen molar-refractivity contribution in [3.8, 4) is 23.7 Å². The summed E-state index contributed by atoms with van der Waals surface area (Å²) >= 11 is 0. The Bertz CT molecular complexity index is 1450. The number of ether oxygens (including phenoxy) is 1. The second kappa shape index (κ2) is 11.0. The Hall–Kier alpha value is -3.37. The second-order valence-electron chi connectivity index (χ2n) is 9.38. The Labute approximate surface area is 223 Å². The Balaban J connectivity index is 1.64. The van der Waals surface area contributed by atoms with E-state index in [1.54, 1.807) is 6.07 Å². The zero-order valence-corrected chi connectivity index (χ0v) is 22.5. The maximum atomic E-state index is 12.8. The van der Waals surface area contributed by atoms with Gasteiger partial charge < -0.3 is 24.5 Å². The number of fused-ring (bicyclic) bond motifs is 1. The summed E-state index contributed by atoms with van der Waals surface area (Å²) in [5.41, 5.74) is 1.64. The molecule has 2 aliphatic rings. The van der Waals surface area contributed by atoms with E-state index in [9.17, 15) is 27.4 Å². The molecular formula is C22H26N3O12PS. The van der Waals surface area contributed by atoms with Crippen LogP contribution in [-0.4, -0.2) is 79.9 Å². The number of amides is 2. The number of phosphoric acid groups is 1. The van der Waals surface area contributed by atoms with Crippen LogP contribution in [0.15, 0.2) is 12.3 Å². The predicted octanol–water partition coefficient (Wildman–Crippen LogP) is 0.626. The SMILES string of the molecule is CC(CCN1Cc2cc(C#CC#CC3(C[C@H](OC(=O)O)OP(=O)(O)O)CC3)cn2C1=O)(C(=O)NO)S(C)(=O)=O. The lowest BCUT2D eigenvalue weighted by Gasteiger charge is -2.27. The fourth-order valence-corrected chi connectivity index (χ4v) is 5.15. The largest absolute Gasteiger partial charge is 0.508 e. The van der Waals surface area contributed by atoms with Crippen LogP contribution in [0.4, 0.5) is 9.59 Å². The van der Waals surface area contributed by atoms with Crippen LogP contribution in [-0.2, 0) is 35.0 Å². The van der Waals surface area contributed by atoms with Crippen molar-refractivity contribution in [3.05, 3.63) is 23.5 Å². The van der Waals surface area contributed by atoms with Gasteiger partial charge in [-0.15, -0.1) is 0 Å². The molecule has 0 aromatic carbocycles. The maximum Gasteiger partial charge on any atom is 0.508 e. The first kappa shape index (κ1) is 30.2. The van der Waals surface area contributed by atoms with Crippen LogP contribution < -0.4 is 5.48 Å². The molecule has 3 rings (SSSR count). The third kappa shape index (κ3) is 7.39. The molecule has 0 spiro atoms. The molecule has 0 bridgehead atoms. The number of nitrogens with one attached hydrogen (secondary N) is 1. The van der Waals surface area contributed by atoms with Crippen molar-refractivity contribution >= 4 is 35.8 Å². The monoisotopic (exact) mass is 587 g/mol. The average molecular weight is 588 g/mol. The molecule has 1 saturated carbocycles. The van der Waals surface area contributed by atoms with E-state index in [2.05, 4.69) is 32.9 Å². The normalized spacial score (nSPS) is 18.0. The van der Waals surface area contributed by atoms with Crippen LogP contribution in [0.25, 0.3) is 0 Å². The first-order valence-electron chi connectivity index (χ1n) is 11.3. The zero-order chi connectivity index (χ0) is 29.2. The highest BCUT2D eigenvalue weighted by Crippen LogP contribution is 2.51. The first-order chi connectivity index (χ1) is 18.0. The molecule has 1 aromatic rings. The van der Waals surface area contributed by atoms with Gasteiger partial charge in [-0.1, -0.05) is 11.8 Å². The second-order valence-corrected chi connectivity index (χ2v) is 13.0. The lowest BCUT2D eigenvalue weighted by Crippen LogP contribution is -2.50. The van der Waals surface area contributed by atoms with E-state index in [1.807, 2.05) is 0 Å². The molecule has 5 N–H and O–H groups in total. The Kier molecular flexibility index (Phi) is 8.52. The van der Waals surface area contributed by atoms with Gasteiger partial charge in [0.2, 0.25) is 6.29 Å².